The van der Waals surface area contributed by atoms with Crippen LogP contribution >= 0.6 is 0 Å². The molecule has 0 saturated carbocycles. The summed E-state index contributed by atoms with van der Waals surface area (Å²) < 4.78 is 21.3. The van der Waals surface area contributed by atoms with Crippen LogP contribution in [0, 0.1) is 0 Å². The molecule has 0 bridgehead atoms. The zero-order valence-corrected chi connectivity index (χ0v) is 13.3. The van der Waals surface area contributed by atoms with Crippen molar-refractivity contribution in [1.82, 2.24) is 0 Å². The van der Waals surface area contributed by atoms with E-state index < -0.39 is 0 Å². The summed E-state index contributed by atoms with van der Waals surface area (Å²) in [7, 11) is 6.52. The predicted octanol–water partition coefficient (Wildman–Crippen LogP) is 3.33. The van der Waals surface area contributed by atoms with Crippen LogP contribution < -0.4 is 24.3 Å². The van der Waals surface area contributed by atoms with Crippen molar-refractivity contribution in [3.05, 3.63) is 42.0 Å². The predicted molar refractivity (Wildman–Crippen MR) is 86.4 cm³/mol. The maximum atomic E-state index is 5.43. The van der Waals surface area contributed by atoms with Gasteiger partial charge in [0.1, 0.15) is 11.5 Å². The third-order valence-electron chi connectivity index (χ3n) is 3.36. The second-order valence-electron chi connectivity index (χ2n) is 4.57. The number of nitrogens with one attached hydrogen (secondary N) is 1. The first-order valence-corrected chi connectivity index (χ1v) is 6.89. The number of rotatable bonds is 7. The molecule has 5 heteroatoms. The quantitative estimate of drug-likeness (QED) is 0.850. The van der Waals surface area contributed by atoms with E-state index in [0.29, 0.717) is 12.3 Å². The van der Waals surface area contributed by atoms with E-state index in [2.05, 4.69) is 5.32 Å². The molecular weight excluding hydrogens is 282 g/mol. The summed E-state index contributed by atoms with van der Waals surface area (Å²) in [5.41, 5.74) is 1.88. The van der Waals surface area contributed by atoms with E-state index in [1.54, 1.807) is 28.4 Å². The lowest BCUT2D eigenvalue weighted by Gasteiger charge is -2.15. The van der Waals surface area contributed by atoms with Gasteiger partial charge in [-0.2, -0.15) is 0 Å². The van der Waals surface area contributed by atoms with Crippen LogP contribution in [0.15, 0.2) is 36.4 Å². The second-order valence-corrected chi connectivity index (χ2v) is 4.57. The molecule has 0 fully saturated rings. The van der Waals surface area contributed by atoms with E-state index in [4.69, 9.17) is 18.9 Å². The normalized spacial score (nSPS) is 10.0. The molecule has 0 aliphatic heterocycles. The zero-order valence-electron chi connectivity index (χ0n) is 13.3. The van der Waals surface area contributed by atoms with Crippen molar-refractivity contribution in [2.24, 2.45) is 0 Å². The number of para-hydroxylation sites is 1. The van der Waals surface area contributed by atoms with Gasteiger partial charge in [-0.3, -0.25) is 0 Å². The first-order valence-electron chi connectivity index (χ1n) is 6.89. The number of hydrogen-bond acceptors (Lipinski definition) is 5. The minimum absolute atomic E-state index is 0.586. The molecule has 5 nitrogen and oxygen atoms in total. The molecule has 118 valence electrons. The van der Waals surface area contributed by atoms with Gasteiger partial charge in [0.05, 0.1) is 34.1 Å². The number of ether oxygens (including phenoxy) is 4. The van der Waals surface area contributed by atoms with Crippen LogP contribution in [0.1, 0.15) is 5.56 Å². The Bertz CT molecular complexity index is 628. The molecule has 0 amide bonds. The van der Waals surface area contributed by atoms with Crippen LogP contribution in [0.4, 0.5) is 5.69 Å². The zero-order chi connectivity index (χ0) is 15.9. The number of hydrogen-bond donors (Lipinski definition) is 1. The summed E-state index contributed by atoms with van der Waals surface area (Å²) in [6.45, 7) is 0.586. The lowest BCUT2D eigenvalue weighted by atomic mass is 10.1. The largest absolute Gasteiger partial charge is 0.497 e. The molecule has 0 radical (unpaired) electrons. The molecule has 0 saturated heterocycles. The lowest BCUT2D eigenvalue weighted by molar-refractivity contribution is 0.352. The fourth-order valence-electron chi connectivity index (χ4n) is 2.23. The summed E-state index contributed by atoms with van der Waals surface area (Å²) in [5.74, 6) is 2.91. The van der Waals surface area contributed by atoms with E-state index >= 15 is 0 Å². The number of methoxy groups -OCH3 is 4. The van der Waals surface area contributed by atoms with Crippen LogP contribution in [0.2, 0.25) is 0 Å². The molecule has 0 aliphatic carbocycles. The highest BCUT2D eigenvalue weighted by Gasteiger charge is 2.10. The molecule has 0 spiro atoms. The van der Waals surface area contributed by atoms with Gasteiger partial charge in [-0.05, 0) is 18.2 Å². The minimum atomic E-state index is 0.586. The Morgan fingerprint density at radius 3 is 2.23 bits per heavy atom. The summed E-state index contributed by atoms with van der Waals surface area (Å²) in [5, 5.41) is 3.34. The van der Waals surface area contributed by atoms with Gasteiger partial charge in [0.25, 0.3) is 0 Å². The topological polar surface area (TPSA) is 49.0 Å². The number of anilines is 1. The lowest BCUT2D eigenvalue weighted by Crippen LogP contribution is -2.04. The Morgan fingerprint density at radius 1 is 0.818 bits per heavy atom. The Kier molecular flexibility index (Phi) is 5.36. The monoisotopic (exact) mass is 303 g/mol. The van der Waals surface area contributed by atoms with Crippen molar-refractivity contribution in [1.29, 1.82) is 0 Å². The Labute approximate surface area is 130 Å². The maximum Gasteiger partial charge on any atom is 0.165 e. The first kappa shape index (κ1) is 15.8. The molecule has 0 aromatic heterocycles. The summed E-state index contributed by atoms with van der Waals surface area (Å²) in [6, 6.07) is 11.4. The average Bonchev–Trinajstić information content (AvgIpc) is 2.59. The Balaban J connectivity index is 2.20. The van der Waals surface area contributed by atoms with Crippen molar-refractivity contribution in [3.8, 4) is 23.0 Å². The van der Waals surface area contributed by atoms with Crippen molar-refractivity contribution >= 4 is 5.69 Å². The van der Waals surface area contributed by atoms with Gasteiger partial charge in [-0.1, -0.05) is 12.1 Å². The van der Waals surface area contributed by atoms with Gasteiger partial charge in [0.2, 0.25) is 0 Å². The molecule has 22 heavy (non-hydrogen) atoms. The smallest absolute Gasteiger partial charge is 0.165 e. The fraction of sp³-hybridized carbons (Fsp3) is 0.294. The third kappa shape index (κ3) is 3.36. The van der Waals surface area contributed by atoms with Crippen molar-refractivity contribution in [2.45, 2.75) is 6.54 Å². The highest BCUT2D eigenvalue weighted by atomic mass is 16.5. The maximum absolute atomic E-state index is 5.43. The van der Waals surface area contributed by atoms with Gasteiger partial charge < -0.3 is 24.3 Å². The number of benzene rings is 2. The molecule has 2 aromatic rings. The van der Waals surface area contributed by atoms with Crippen molar-refractivity contribution in [3.63, 3.8) is 0 Å². The summed E-state index contributed by atoms with van der Waals surface area (Å²) in [6.07, 6.45) is 0. The van der Waals surface area contributed by atoms with Crippen LogP contribution in [-0.4, -0.2) is 28.4 Å². The van der Waals surface area contributed by atoms with E-state index in [9.17, 15) is 0 Å². The first-order chi connectivity index (χ1) is 10.7. The van der Waals surface area contributed by atoms with Crippen molar-refractivity contribution in [2.75, 3.05) is 33.8 Å². The van der Waals surface area contributed by atoms with Gasteiger partial charge >= 0.3 is 0 Å². The van der Waals surface area contributed by atoms with Crippen LogP contribution in [0.5, 0.6) is 23.0 Å². The van der Waals surface area contributed by atoms with E-state index in [1.807, 2.05) is 36.4 Å². The molecule has 0 aliphatic rings. The third-order valence-corrected chi connectivity index (χ3v) is 3.36. The molecular formula is C17H21NO4. The Morgan fingerprint density at radius 2 is 1.59 bits per heavy atom. The second kappa shape index (κ2) is 7.45. The molecule has 2 rings (SSSR count). The van der Waals surface area contributed by atoms with Gasteiger partial charge in [0.15, 0.2) is 11.5 Å². The molecule has 0 heterocycles. The van der Waals surface area contributed by atoms with Gasteiger partial charge in [-0.15, -0.1) is 0 Å². The van der Waals surface area contributed by atoms with E-state index in [-0.39, 0.29) is 0 Å². The van der Waals surface area contributed by atoms with E-state index in [0.717, 1.165) is 28.5 Å². The van der Waals surface area contributed by atoms with E-state index in [1.165, 1.54) is 0 Å². The highest BCUT2D eigenvalue weighted by Crippen LogP contribution is 2.33. The highest BCUT2D eigenvalue weighted by molar-refractivity contribution is 5.60. The summed E-state index contributed by atoms with van der Waals surface area (Å²) in [4.78, 5) is 0. The molecule has 0 atom stereocenters. The summed E-state index contributed by atoms with van der Waals surface area (Å²) >= 11 is 0. The fourth-order valence-corrected chi connectivity index (χ4v) is 2.23. The van der Waals surface area contributed by atoms with Gasteiger partial charge in [0, 0.05) is 18.2 Å². The van der Waals surface area contributed by atoms with Crippen molar-refractivity contribution < 1.29 is 18.9 Å². The molecule has 2 aromatic carbocycles. The van der Waals surface area contributed by atoms with Crippen LogP contribution in [0.3, 0.4) is 0 Å². The minimum Gasteiger partial charge on any atom is -0.497 e. The molecule has 0 unspecified atom stereocenters. The molecule has 1 N–H and O–H groups in total. The van der Waals surface area contributed by atoms with Crippen LogP contribution in [0.25, 0.3) is 0 Å². The SMILES string of the molecule is COc1ccc(NCc2cccc(OC)c2OC)c(OC)c1. The Hall–Kier alpha value is -2.56. The van der Waals surface area contributed by atoms with Gasteiger partial charge in [-0.25, -0.2) is 0 Å². The van der Waals surface area contributed by atoms with Crippen LogP contribution in [-0.2, 0) is 6.54 Å². The average molecular weight is 303 g/mol. The standard InChI is InChI=1S/C17H21NO4/c1-19-13-8-9-14(16(10-13)21-3)18-11-12-6-5-7-15(20-2)17(12)22-4/h5-10,18H,11H2,1-4H3.